The first-order valence-electron chi connectivity index (χ1n) is 6.41. The Morgan fingerprint density at radius 1 is 1.00 bits per heavy atom. The highest BCUT2D eigenvalue weighted by Gasteiger charge is 2.34. The van der Waals surface area contributed by atoms with Gasteiger partial charge in [-0.15, -0.1) is 0 Å². The van der Waals surface area contributed by atoms with Gasteiger partial charge in [-0.2, -0.15) is 0 Å². The van der Waals surface area contributed by atoms with Crippen molar-refractivity contribution in [3.63, 3.8) is 0 Å². The van der Waals surface area contributed by atoms with Crippen molar-refractivity contribution < 1.29 is 29.0 Å². The van der Waals surface area contributed by atoms with Crippen LogP contribution in [0.25, 0.3) is 0 Å². The molecule has 0 rings (SSSR count). The van der Waals surface area contributed by atoms with Gasteiger partial charge in [-0.1, -0.05) is 13.8 Å². The third-order valence-corrected chi connectivity index (χ3v) is 2.88. The van der Waals surface area contributed by atoms with E-state index in [0.717, 1.165) is 0 Å². The van der Waals surface area contributed by atoms with Crippen LogP contribution in [0.5, 0.6) is 0 Å². The molecule has 3 atom stereocenters. The average molecular weight is 274 g/mol. The molecular weight excluding hydrogens is 252 g/mol. The van der Waals surface area contributed by atoms with Gasteiger partial charge in [0.25, 0.3) is 0 Å². The van der Waals surface area contributed by atoms with Gasteiger partial charge in [0, 0.05) is 0 Å². The van der Waals surface area contributed by atoms with Gasteiger partial charge in [0.15, 0.2) is 0 Å². The maximum absolute atomic E-state index is 11.8. The van der Waals surface area contributed by atoms with E-state index in [9.17, 15) is 14.4 Å². The highest BCUT2D eigenvalue weighted by atomic mass is 16.5. The second-order valence-corrected chi connectivity index (χ2v) is 4.37. The van der Waals surface area contributed by atoms with Crippen LogP contribution < -0.4 is 0 Å². The molecule has 0 aromatic rings. The van der Waals surface area contributed by atoms with Gasteiger partial charge in [0.05, 0.1) is 31.0 Å². The number of ether oxygens (including phenoxy) is 2. The molecule has 6 heteroatoms. The van der Waals surface area contributed by atoms with Gasteiger partial charge < -0.3 is 14.6 Å². The Balaban J connectivity index is 4.80. The highest BCUT2D eigenvalue weighted by molar-refractivity contribution is 5.81. The van der Waals surface area contributed by atoms with Gasteiger partial charge >= 0.3 is 17.9 Å². The van der Waals surface area contributed by atoms with Gasteiger partial charge in [-0.05, 0) is 20.3 Å². The van der Waals surface area contributed by atoms with Gasteiger partial charge in [0.1, 0.15) is 0 Å². The number of aliphatic carboxylic acids is 1. The third kappa shape index (κ3) is 5.72. The first kappa shape index (κ1) is 17.4. The van der Waals surface area contributed by atoms with E-state index in [1.807, 2.05) is 0 Å². The summed E-state index contributed by atoms with van der Waals surface area (Å²) in [6.45, 7) is 6.81. The minimum Gasteiger partial charge on any atom is -0.481 e. The van der Waals surface area contributed by atoms with Crippen LogP contribution in [0, 0.1) is 17.8 Å². The Morgan fingerprint density at radius 3 is 1.89 bits per heavy atom. The first-order chi connectivity index (χ1) is 8.84. The SMILES string of the molecule is CCOC(=O)C(C)CC(C(=O)OCC)C(C)C(=O)O. The zero-order chi connectivity index (χ0) is 15.0. The molecule has 0 aliphatic carbocycles. The maximum atomic E-state index is 11.8. The normalized spacial score (nSPS) is 15.2. The van der Waals surface area contributed by atoms with Crippen LogP contribution >= 0.6 is 0 Å². The van der Waals surface area contributed by atoms with Crippen molar-refractivity contribution in [1.82, 2.24) is 0 Å². The Morgan fingerprint density at radius 2 is 1.47 bits per heavy atom. The fourth-order valence-corrected chi connectivity index (χ4v) is 1.69. The lowest BCUT2D eigenvalue weighted by Crippen LogP contribution is -2.32. The molecule has 0 amide bonds. The number of esters is 2. The van der Waals surface area contributed by atoms with Crippen molar-refractivity contribution in [2.24, 2.45) is 17.8 Å². The minimum absolute atomic E-state index is 0.102. The summed E-state index contributed by atoms with van der Waals surface area (Å²) in [5.41, 5.74) is 0. The Kier molecular flexibility index (Phi) is 7.79. The number of hydrogen-bond donors (Lipinski definition) is 1. The lowest BCUT2D eigenvalue weighted by Gasteiger charge is -2.21. The van der Waals surface area contributed by atoms with E-state index in [2.05, 4.69) is 0 Å². The van der Waals surface area contributed by atoms with Gasteiger partial charge in [-0.3, -0.25) is 14.4 Å². The van der Waals surface area contributed by atoms with E-state index in [0.29, 0.717) is 0 Å². The van der Waals surface area contributed by atoms with Gasteiger partial charge in [-0.25, -0.2) is 0 Å². The molecule has 0 aliphatic rings. The van der Waals surface area contributed by atoms with E-state index >= 15 is 0 Å². The molecule has 0 spiro atoms. The summed E-state index contributed by atoms with van der Waals surface area (Å²) in [7, 11) is 0. The van der Waals surface area contributed by atoms with E-state index in [1.54, 1.807) is 20.8 Å². The molecule has 0 heterocycles. The van der Waals surface area contributed by atoms with Crippen LogP contribution in [0.3, 0.4) is 0 Å². The molecule has 0 radical (unpaired) electrons. The van der Waals surface area contributed by atoms with Crippen LogP contribution in [-0.4, -0.2) is 36.2 Å². The maximum Gasteiger partial charge on any atom is 0.309 e. The predicted molar refractivity (Wildman–Crippen MR) is 67.3 cm³/mol. The van der Waals surface area contributed by atoms with Crippen molar-refractivity contribution in [2.75, 3.05) is 13.2 Å². The summed E-state index contributed by atoms with van der Waals surface area (Å²) in [4.78, 5) is 34.3. The summed E-state index contributed by atoms with van der Waals surface area (Å²) in [6, 6.07) is 0. The fourth-order valence-electron chi connectivity index (χ4n) is 1.69. The second-order valence-electron chi connectivity index (χ2n) is 4.37. The molecule has 3 unspecified atom stereocenters. The number of carboxylic acids is 1. The van der Waals surface area contributed by atoms with Crippen molar-refractivity contribution in [1.29, 1.82) is 0 Å². The molecule has 0 fully saturated rings. The molecule has 0 bridgehead atoms. The second kappa shape index (κ2) is 8.50. The summed E-state index contributed by atoms with van der Waals surface area (Å²) in [5.74, 6) is -4.42. The van der Waals surface area contributed by atoms with Crippen molar-refractivity contribution in [2.45, 2.75) is 34.1 Å². The van der Waals surface area contributed by atoms with Crippen LogP contribution in [0.2, 0.25) is 0 Å². The lowest BCUT2D eigenvalue weighted by molar-refractivity contribution is -0.159. The largest absolute Gasteiger partial charge is 0.481 e. The molecule has 0 saturated carbocycles. The average Bonchev–Trinajstić information content (AvgIpc) is 2.35. The number of hydrogen-bond acceptors (Lipinski definition) is 5. The molecular formula is C13H22O6. The van der Waals surface area contributed by atoms with E-state index in [-0.39, 0.29) is 19.6 Å². The Hall–Kier alpha value is -1.59. The number of rotatable bonds is 8. The minimum atomic E-state index is -1.09. The topological polar surface area (TPSA) is 89.9 Å². The fraction of sp³-hybridized carbons (Fsp3) is 0.769. The summed E-state index contributed by atoms with van der Waals surface area (Å²) in [6.07, 6.45) is 0.102. The molecule has 0 aromatic heterocycles. The van der Waals surface area contributed by atoms with Crippen LogP contribution in [0.15, 0.2) is 0 Å². The molecule has 6 nitrogen and oxygen atoms in total. The lowest BCUT2D eigenvalue weighted by atomic mass is 9.86. The number of carboxylic acid groups (broad SMARTS) is 1. The molecule has 19 heavy (non-hydrogen) atoms. The smallest absolute Gasteiger partial charge is 0.309 e. The molecule has 0 aromatic carbocycles. The van der Waals surface area contributed by atoms with Crippen molar-refractivity contribution in [3.8, 4) is 0 Å². The van der Waals surface area contributed by atoms with Crippen LogP contribution in [-0.2, 0) is 23.9 Å². The summed E-state index contributed by atoms with van der Waals surface area (Å²) in [5, 5.41) is 9.00. The molecule has 0 saturated heterocycles. The number of carbonyl (C=O) groups excluding carboxylic acids is 2. The number of carbonyl (C=O) groups is 3. The highest BCUT2D eigenvalue weighted by Crippen LogP contribution is 2.23. The predicted octanol–water partition coefficient (Wildman–Crippen LogP) is 1.48. The quantitative estimate of drug-likeness (QED) is 0.674. The Bertz CT molecular complexity index is 325. The van der Waals surface area contributed by atoms with Crippen LogP contribution in [0.1, 0.15) is 34.1 Å². The standard InChI is InChI=1S/C13H22O6/c1-5-18-12(16)8(3)7-10(9(4)11(14)15)13(17)19-6-2/h8-10H,5-7H2,1-4H3,(H,14,15). The first-order valence-corrected chi connectivity index (χ1v) is 6.41. The van der Waals surface area contributed by atoms with E-state index in [4.69, 9.17) is 14.6 Å². The molecule has 0 aliphatic heterocycles. The third-order valence-electron chi connectivity index (χ3n) is 2.88. The molecule has 1 N–H and O–H groups in total. The zero-order valence-electron chi connectivity index (χ0n) is 11.8. The Labute approximate surface area is 113 Å². The van der Waals surface area contributed by atoms with Crippen LogP contribution in [0.4, 0.5) is 0 Å². The van der Waals surface area contributed by atoms with Gasteiger partial charge in [0.2, 0.25) is 0 Å². The zero-order valence-corrected chi connectivity index (χ0v) is 11.8. The monoisotopic (exact) mass is 274 g/mol. The van der Waals surface area contributed by atoms with E-state index in [1.165, 1.54) is 6.92 Å². The summed E-state index contributed by atoms with van der Waals surface area (Å²) < 4.78 is 9.71. The molecule has 110 valence electrons. The van der Waals surface area contributed by atoms with E-state index < -0.39 is 35.7 Å². The van der Waals surface area contributed by atoms with Crippen molar-refractivity contribution >= 4 is 17.9 Å². The summed E-state index contributed by atoms with van der Waals surface area (Å²) >= 11 is 0. The van der Waals surface area contributed by atoms with Crippen molar-refractivity contribution in [3.05, 3.63) is 0 Å².